The van der Waals surface area contributed by atoms with Crippen LogP contribution in [0.4, 0.5) is 5.69 Å². The van der Waals surface area contributed by atoms with E-state index in [0.29, 0.717) is 0 Å². The standard InChI is InChI=1S/C14H16BrN3O/c1-9-6-11(15)7-13(19-3)14(9)18-10(2)12-8-16-4-5-17-12/h4-8,10,18H,1-3H3. The number of aryl methyl sites for hydroxylation is 1. The van der Waals surface area contributed by atoms with E-state index in [9.17, 15) is 0 Å². The van der Waals surface area contributed by atoms with Crippen molar-refractivity contribution in [3.8, 4) is 5.75 Å². The lowest BCUT2D eigenvalue weighted by Crippen LogP contribution is -2.10. The summed E-state index contributed by atoms with van der Waals surface area (Å²) in [7, 11) is 1.67. The van der Waals surface area contributed by atoms with Crippen LogP contribution in [0.5, 0.6) is 5.75 Å². The van der Waals surface area contributed by atoms with Crippen molar-refractivity contribution in [2.24, 2.45) is 0 Å². The fourth-order valence-electron chi connectivity index (χ4n) is 1.88. The molecular weight excluding hydrogens is 306 g/mol. The maximum atomic E-state index is 5.42. The molecule has 1 heterocycles. The highest BCUT2D eigenvalue weighted by Crippen LogP contribution is 2.34. The van der Waals surface area contributed by atoms with Crippen LogP contribution in [-0.2, 0) is 0 Å². The quantitative estimate of drug-likeness (QED) is 0.932. The predicted octanol–water partition coefficient (Wildman–Crippen LogP) is 3.73. The molecule has 0 radical (unpaired) electrons. The first-order valence-electron chi connectivity index (χ1n) is 5.98. The number of aromatic nitrogens is 2. The third kappa shape index (κ3) is 3.23. The smallest absolute Gasteiger partial charge is 0.143 e. The highest BCUT2D eigenvalue weighted by molar-refractivity contribution is 9.10. The summed E-state index contributed by atoms with van der Waals surface area (Å²) in [5.41, 5.74) is 2.98. The van der Waals surface area contributed by atoms with Crippen LogP contribution in [0.1, 0.15) is 24.2 Å². The van der Waals surface area contributed by atoms with Crippen molar-refractivity contribution in [1.82, 2.24) is 9.97 Å². The van der Waals surface area contributed by atoms with Gasteiger partial charge in [0.05, 0.1) is 30.7 Å². The number of nitrogens with zero attached hydrogens (tertiary/aromatic N) is 2. The molecule has 2 aromatic rings. The van der Waals surface area contributed by atoms with Gasteiger partial charge in [-0.3, -0.25) is 9.97 Å². The second-order valence-electron chi connectivity index (χ2n) is 4.30. The van der Waals surface area contributed by atoms with Crippen molar-refractivity contribution in [3.05, 3.63) is 46.5 Å². The molecule has 0 bridgehead atoms. The van der Waals surface area contributed by atoms with Crippen molar-refractivity contribution in [1.29, 1.82) is 0 Å². The summed E-state index contributed by atoms with van der Waals surface area (Å²) in [6.45, 7) is 4.09. The van der Waals surface area contributed by atoms with Crippen molar-refractivity contribution in [3.63, 3.8) is 0 Å². The van der Waals surface area contributed by atoms with E-state index >= 15 is 0 Å². The zero-order valence-corrected chi connectivity index (χ0v) is 12.7. The Morgan fingerprint density at radius 3 is 2.74 bits per heavy atom. The minimum Gasteiger partial charge on any atom is -0.495 e. The third-order valence-electron chi connectivity index (χ3n) is 2.87. The lowest BCUT2D eigenvalue weighted by Gasteiger charge is -2.19. The molecule has 1 aromatic carbocycles. The molecule has 4 nitrogen and oxygen atoms in total. The third-order valence-corrected chi connectivity index (χ3v) is 3.33. The van der Waals surface area contributed by atoms with Crippen LogP contribution in [0, 0.1) is 6.92 Å². The summed E-state index contributed by atoms with van der Waals surface area (Å²) in [4.78, 5) is 8.39. The van der Waals surface area contributed by atoms with Crippen LogP contribution in [0.25, 0.3) is 0 Å². The number of halogens is 1. The lowest BCUT2D eigenvalue weighted by molar-refractivity contribution is 0.415. The first kappa shape index (κ1) is 13.8. The van der Waals surface area contributed by atoms with Gasteiger partial charge in [-0.15, -0.1) is 0 Å². The minimum atomic E-state index is 0.0578. The summed E-state index contributed by atoms with van der Waals surface area (Å²) in [6, 6.07) is 4.05. The Morgan fingerprint density at radius 2 is 2.11 bits per heavy atom. The van der Waals surface area contributed by atoms with Gasteiger partial charge >= 0.3 is 0 Å². The van der Waals surface area contributed by atoms with Crippen molar-refractivity contribution >= 4 is 21.6 Å². The normalized spacial score (nSPS) is 12.0. The van der Waals surface area contributed by atoms with Gasteiger partial charge in [0.15, 0.2) is 0 Å². The van der Waals surface area contributed by atoms with Crippen LogP contribution in [0.2, 0.25) is 0 Å². The minimum absolute atomic E-state index is 0.0578. The van der Waals surface area contributed by atoms with Gasteiger partial charge in [-0.2, -0.15) is 0 Å². The first-order chi connectivity index (χ1) is 9.11. The number of benzene rings is 1. The van der Waals surface area contributed by atoms with Gasteiger partial charge in [0, 0.05) is 16.9 Å². The van der Waals surface area contributed by atoms with E-state index in [0.717, 1.165) is 27.2 Å². The molecule has 0 fully saturated rings. The summed E-state index contributed by atoms with van der Waals surface area (Å²) < 4.78 is 6.41. The Kier molecular flexibility index (Phi) is 4.37. The second kappa shape index (κ2) is 6.02. The monoisotopic (exact) mass is 321 g/mol. The number of rotatable bonds is 4. The molecule has 0 spiro atoms. The summed E-state index contributed by atoms with van der Waals surface area (Å²) >= 11 is 3.47. The SMILES string of the molecule is COc1cc(Br)cc(C)c1NC(C)c1cnccn1. The zero-order valence-electron chi connectivity index (χ0n) is 11.1. The van der Waals surface area contributed by atoms with E-state index in [1.54, 1.807) is 25.7 Å². The number of hydrogen-bond acceptors (Lipinski definition) is 4. The maximum Gasteiger partial charge on any atom is 0.143 e. The molecule has 1 aromatic heterocycles. The Labute approximate surface area is 121 Å². The van der Waals surface area contributed by atoms with Crippen molar-refractivity contribution < 1.29 is 4.74 Å². The summed E-state index contributed by atoms with van der Waals surface area (Å²) in [5.74, 6) is 0.808. The van der Waals surface area contributed by atoms with Gasteiger partial charge in [0.2, 0.25) is 0 Å². The maximum absolute atomic E-state index is 5.42. The zero-order chi connectivity index (χ0) is 13.8. The Morgan fingerprint density at radius 1 is 1.32 bits per heavy atom. The van der Waals surface area contributed by atoms with E-state index in [1.165, 1.54) is 0 Å². The number of hydrogen-bond donors (Lipinski definition) is 1. The van der Waals surface area contributed by atoms with Gasteiger partial charge in [0.1, 0.15) is 5.75 Å². The molecule has 0 aliphatic rings. The van der Waals surface area contributed by atoms with Gasteiger partial charge in [-0.1, -0.05) is 15.9 Å². The lowest BCUT2D eigenvalue weighted by atomic mass is 10.1. The van der Waals surface area contributed by atoms with E-state index in [4.69, 9.17) is 4.74 Å². The molecule has 2 rings (SSSR count). The molecule has 0 amide bonds. The molecule has 0 saturated heterocycles. The van der Waals surface area contributed by atoms with Crippen LogP contribution in [-0.4, -0.2) is 17.1 Å². The average Bonchev–Trinajstić information content (AvgIpc) is 2.42. The average molecular weight is 322 g/mol. The van der Waals surface area contributed by atoms with Gasteiger partial charge in [-0.25, -0.2) is 0 Å². The van der Waals surface area contributed by atoms with Crippen LogP contribution in [0.15, 0.2) is 35.2 Å². The molecule has 1 unspecified atom stereocenters. The highest BCUT2D eigenvalue weighted by atomic mass is 79.9. The Bertz CT molecular complexity index is 560. The molecular formula is C14H16BrN3O. The van der Waals surface area contributed by atoms with Gasteiger partial charge in [-0.05, 0) is 31.5 Å². The predicted molar refractivity (Wildman–Crippen MR) is 79.5 cm³/mol. The van der Waals surface area contributed by atoms with Gasteiger partial charge < -0.3 is 10.1 Å². The van der Waals surface area contributed by atoms with E-state index < -0.39 is 0 Å². The molecule has 19 heavy (non-hydrogen) atoms. The topological polar surface area (TPSA) is 47.0 Å². The summed E-state index contributed by atoms with van der Waals surface area (Å²) in [5, 5.41) is 3.42. The molecule has 5 heteroatoms. The van der Waals surface area contributed by atoms with Crippen molar-refractivity contribution in [2.45, 2.75) is 19.9 Å². The van der Waals surface area contributed by atoms with Crippen LogP contribution in [0.3, 0.4) is 0 Å². The fraction of sp³-hybridized carbons (Fsp3) is 0.286. The largest absolute Gasteiger partial charge is 0.495 e. The molecule has 0 aliphatic carbocycles. The second-order valence-corrected chi connectivity index (χ2v) is 5.21. The molecule has 0 saturated carbocycles. The fourth-order valence-corrected chi connectivity index (χ4v) is 2.43. The number of ether oxygens (including phenoxy) is 1. The summed E-state index contributed by atoms with van der Waals surface area (Å²) in [6.07, 6.45) is 5.12. The molecule has 0 aliphatic heterocycles. The van der Waals surface area contributed by atoms with Crippen LogP contribution >= 0.6 is 15.9 Å². The van der Waals surface area contributed by atoms with Gasteiger partial charge in [0.25, 0.3) is 0 Å². The number of nitrogens with one attached hydrogen (secondary N) is 1. The Balaban J connectivity index is 2.28. The highest BCUT2D eigenvalue weighted by Gasteiger charge is 2.13. The van der Waals surface area contributed by atoms with E-state index in [1.807, 2.05) is 26.0 Å². The van der Waals surface area contributed by atoms with Crippen molar-refractivity contribution in [2.75, 3.05) is 12.4 Å². The van der Waals surface area contributed by atoms with Crippen LogP contribution < -0.4 is 10.1 Å². The number of methoxy groups -OCH3 is 1. The molecule has 1 atom stereocenters. The van der Waals surface area contributed by atoms with E-state index in [2.05, 4.69) is 31.2 Å². The Hall–Kier alpha value is -1.62. The first-order valence-corrected chi connectivity index (χ1v) is 6.77. The number of anilines is 1. The molecule has 1 N–H and O–H groups in total. The molecule has 100 valence electrons. The van der Waals surface area contributed by atoms with E-state index in [-0.39, 0.29) is 6.04 Å².